The van der Waals surface area contributed by atoms with Gasteiger partial charge >= 0.3 is 71.1 Å². The first-order valence-corrected chi connectivity index (χ1v) is 17.0. The third-order valence-corrected chi connectivity index (χ3v) is 7.86. The Morgan fingerprint density at radius 1 is 0.500 bits per heavy atom. The van der Waals surface area contributed by atoms with Crippen molar-refractivity contribution in [3.8, 4) is 0 Å². The minimum Gasteiger partial charge on any atom is -0.862 e. The molecule has 0 aliphatic heterocycles. The fourth-order valence-corrected chi connectivity index (χ4v) is 4.93. The Bertz CT molecular complexity index is 928. The number of amides is 2. The van der Waals surface area contributed by atoms with Crippen molar-refractivity contribution < 1.29 is 98.7 Å². The average molecular weight is 699 g/mol. The molecule has 0 heterocycles. The van der Waals surface area contributed by atoms with Crippen LogP contribution in [0.5, 0.6) is 0 Å². The first kappa shape index (κ1) is 51.2. The maximum Gasteiger partial charge on any atom is 1.00 e. The van der Waals surface area contributed by atoms with E-state index in [1.807, 2.05) is 0 Å². The van der Waals surface area contributed by atoms with Crippen molar-refractivity contribution in [2.75, 3.05) is 0 Å². The molecule has 0 aromatic heterocycles. The number of aliphatic carboxylic acids is 2. The number of carbonyl (C=O) groups excluding carboxylic acids is 2. The van der Waals surface area contributed by atoms with E-state index in [1.54, 1.807) is 55.4 Å². The number of nitrogens with zero attached hydrogens (tertiary/aromatic N) is 2. The molecule has 266 valence electrons. The molecule has 0 radical (unpaired) electrons. The number of rotatable bonds is 25. The maximum atomic E-state index is 12.6. The van der Waals surface area contributed by atoms with E-state index in [1.165, 1.54) is 0 Å². The van der Waals surface area contributed by atoms with Crippen LogP contribution in [0.3, 0.4) is 0 Å². The van der Waals surface area contributed by atoms with Gasteiger partial charge in [-0.05, 0) is 61.2 Å². The van der Waals surface area contributed by atoms with Gasteiger partial charge in [-0.2, -0.15) is 0 Å². The fourth-order valence-electron chi connectivity index (χ4n) is 4.93. The van der Waals surface area contributed by atoms with Gasteiger partial charge in [0, 0.05) is 0 Å². The van der Waals surface area contributed by atoms with E-state index in [2.05, 4.69) is 20.6 Å². The first-order valence-electron chi connectivity index (χ1n) is 17.0. The summed E-state index contributed by atoms with van der Waals surface area (Å²) < 4.78 is 0. The molecule has 14 heteroatoms. The van der Waals surface area contributed by atoms with Crippen LogP contribution in [-0.2, 0) is 19.2 Å². The Balaban J connectivity index is -0.0000101. The van der Waals surface area contributed by atoms with E-state index < -0.39 is 47.9 Å². The molecule has 0 fully saturated rings. The minimum absolute atomic E-state index is 0. The van der Waals surface area contributed by atoms with Crippen molar-refractivity contribution >= 4 is 35.5 Å². The second-order valence-electron chi connectivity index (χ2n) is 13.6. The summed E-state index contributed by atoms with van der Waals surface area (Å²) in [5.41, 5.74) is 0. The molecule has 0 aliphatic rings. The van der Waals surface area contributed by atoms with Crippen molar-refractivity contribution in [2.24, 2.45) is 33.7 Å². The van der Waals surface area contributed by atoms with Crippen LogP contribution in [0, 0.1) is 23.7 Å². The summed E-state index contributed by atoms with van der Waals surface area (Å²) in [6, 6.07) is -3.88. The first-order chi connectivity index (χ1) is 21.5. The molecular formula is C34H60N4Na2O8. The molecule has 0 bridgehead atoms. The monoisotopic (exact) mass is 698 g/mol. The number of carbonyl (C=O) groups is 4. The SMILES string of the molecule is CC(C)[C@H](N=C([O-])CCCCCCCCCCCCC([O-])=N[C@H](C(=O)N[C@H](C(=O)O)C(C)C)C(C)C)C(=O)N[C@H](C(=O)O)C(C)C.[Na+].[Na+]. The van der Waals surface area contributed by atoms with E-state index in [4.69, 9.17) is 0 Å². The van der Waals surface area contributed by atoms with Crippen LogP contribution in [0.1, 0.15) is 132 Å². The minimum atomic E-state index is -1.11. The summed E-state index contributed by atoms with van der Waals surface area (Å²) in [6.07, 6.45) is 9.98. The van der Waals surface area contributed by atoms with Crippen LogP contribution < -0.4 is 80.0 Å². The number of nitrogens with one attached hydrogen (secondary N) is 2. The number of aliphatic imine (C=N–C) groups is 2. The summed E-state index contributed by atoms with van der Waals surface area (Å²) >= 11 is 0. The molecule has 2 amide bonds. The summed E-state index contributed by atoms with van der Waals surface area (Å²) in [5.74, 6) is -5.03. The van der Waals surface area contributed by atoms with Gasteiger partial charge in [-0.25, -0.2) is 9.59 Å². The second-order valence-corrected chi connectivity index (χ2v) is 13.6. The van der Waals surface area contributed by atoms with E-state index in [0.29, 0.717) is 12.8 Å². The zero-order chi connectivity index (χ0) is 35.4. The number of carboxylic acids is 2. The third-order valence-electron chi connectivity index (χ3n) is 7.86. The molecule has 0 spiro atoms. The molecule has 0 unspecified atom stereocenters. The molecule has 12 nitrogen and oxygen atoms in total. The van der Waals surface area contributed by atoms with Gasteiger partial charge in [0.15, 0.2) is 0 Å². The summed E-state index contributed by atoms with van der Waals surface area (Å²) in [7, 11) is 0. The van der Waals surface area contributed by atoms with Crippen molar-refractivity contribution in [2.45, 2.75) is 157 Å². The Labute approximate surface area is 332 Å². The smallest absolute Gasteiger partial charge is 0.862 e. The zero-order valence-electron chi connectivity index (χ0n) is 31.3. The van der Waals surface area contributed by atoms with Gasteiger partial charge in [-0.1, -0.05) is 107 Å². The maximum absolute atomic E-state index is 12.6. The van der Waals surface area contributed by atoms with E-state index in [0.717, 1.165) is 51.4 Å². The van der Waals surface area contributed by atoms with Gasteiger partial charge in [-0.3, -0.25) is 19.6 Å². The summed E-state index contributed by atoms with van der Waals surface area (Å²) in [5, 5.41) is 48.4. The molecule has 48 heavy (non-hydrogen) atoms. The van der Waals surface area contributed by atoms with Gasteiger partial charge in [0.1, 0.15) is 24.2 Å². The number of unbranched alkanes of at least 4 members (excludes halogenated alkanes) is 9. The van der Waals surface area contributed by atoms with Crippen LogP contribution in [0.4, 0.5) is 0 Å². The molecule has 4 atom stereocenters. The molecule has 0 saturated carbocycles. The predicted molar refractivity (Wildman–Crippen MR) is 176 cm³/mol. The van der Waals surface area contributed by atoms with Crippen molar-refractivity contribution in [1.82, 2.24) is 10.6 Å². The normalized spacial score (nSPS) is 14.6. The van der Waals surface area contributed by atoms with E-state index in [-0.39, 0.29) is 107 Å². The second kappa shape index (κ2) is 28.5. The molecule has 0 aromatic rings. The zero-order valence-corrected chi connectivity index (χ0v) is 35.3. The molecule has 0 aromatic carbocycles. The van der Waals surface area contributed by atoms with Gasteiger partial charge in [0.25, 0.3) is 0 Å². The topological polar surface area (TPSA) is 204 Å². The summed E-state index contributed by atoms with van der Waals surface area (Å²) in [4.78, 5) is 56.2. The van der Waals surface area contributed by atoms with Crippen LogP contribution >= 0.6 is 0 Å². The van der Waals surface area contributed by atoms with Gasteiger partial charge in [0.2, 0.25) is 11.8 Å². The van der Waals surface area contributed by atoms with Gasteiger partial charge in [0.05, 0.1) is 0 Å². The molecule has 0 saturated heterocycles. The Hall–Kier alpha value is -1.18. The van der Waals surface area contributed by atoms with Crippen LogP contribution in [-0.4, -0.2) is 69.9 Å². The Morgan fingerprint density at radius 3 is 0.958 bits per heavy atom. The number of hydrogen-bond donors (Lipinski definition) is 4. The van der Waals surface area contributed by atoms with Crippen molar-refractivity contribution in [3.05, 3.63) is 0 Å². The van der Waals surface area contributed by atoms with Crippen molar-refractivity contribution in [3.63, 3.8) is 0 Å². The number of hydrogen-bond acceptors (Lipinski definition) is 8. The van der Waals surface area contributed by atoms with E-state index in [9.17, 15) is 39.6 Å². The Morgan fingerprint density at radius 2 is 0.750 bits per heavy atom. The quantitative estimate of drug-likeness (QED) is 0.0352. The number of carboxylic acid groups (broad SMARTS) is 2. The van der Waals surface area contributed by atoms with E-state index >= 15 is 0 Å². The molecule has 0 aliphatic carbocycles. The Kier molecular flexibility index (Phi) is 30.4. The molecule has 0 rings (SSSR count). The third kappa shape index (κ3) is 22.5. The van der Waals surface area contributed by atoms with Crippen molar-refractivity contribution in [1.29, 1.82) is 0 Å². The molecular weight excluding hydrogens is 638 g/mol. The molecule has 4 N–H and O–H groups in total. The average Bonchev–Trinajstić information content (AvgIpc) is 2.95. The standard InChI is InChI=1S/C34H62N4O8.2Na/c1-21(2)27(31(41)37-29(23(5)6)33(43)44)35-25(39)19-17-15-13-11-9-10-12-14-16-18-20-26(40)36-28(22(3)4)32(42)38-30(24(7)8)34(45)46;;/h21-24,27-30H,9-20H2,1-8H3,(H,35,39)(H,36,40)(H,37,41)(H,38,42)(H,43,44)(H,45,46);;/q;2*+1/p-2/t27-,28-,29-,30-;;/m0../s1. The largest absolute Gasteiger partial charge is 1.00 e. The van der Waals surface area contributed by atoms with Crippen LogP contribution in [0.2, 0.25) is 0 Å². The van der Waals surface area contributed by atoms with Crippen LogP contribution in [0.15, 0.2) is 9.98 Å². The van der Waals surface area contributed by atoms with Gasteiger partial charge in [-0.15, -0.1) is 0 Å². The summed E-state index contributed by atoms with van der Waals surface area (Å²) in [6.45, 7) is 13.9. The van der Waals surface area contributed by atoms with Gasteiger partial charge < -0.3 is 31.1 Å². The predicted octanol–water partition coefficient (Wildman–Crippen LogP) is -2.31. The van der Waals surface area contributed by atoms with Crippen LogP contribution in [0.25, 0.3) is 0 Å². The fraction of sp³-hybridized carbons (Fsp3) is 0.824.